The second-order valence-electron chi connectivity index (χ2n) is 8.39. The maximum atomic E-state index is 12.8. The van der Waals surface area contributed by atoms with Gasteiger partial charge < -0.3 is 9.88 Å². The lowest BCUT2D eigenvalue weighted by molar-refractivity contribution is -0.133. The Kier molecular flexibility index (Phi) is 4.14. The molecule has 3 aromatic heterocycles. The number of likely N-dealkylation sites (tertiary alicyclic amines) is 1. The molecule has 142 valence electrons. The zero-order chi connectivity index (χ0) is 18.4. The molecule has 6 nitrogen and oxygen atoms in total. The van der Waals surface area contributed by atoms with Crippen molar-refractivity contribution in [1.82, 2.24) is 24.3 Å². The van der Waals surface area contributed by atoms with Crippen molar-refractivity contribution >= 4 is 22.6 Å². The molecule has 5 rings (SSSR count). The predicted molar refractivity (Wildman–Crippen MR) is 105 cm³/mol. The van der Waals surface area contributed by atoms with E-state index in [-0.39, 0.29) is 5.92 Å². The highest BCUT2D eigenvalue weighted by Crippen LogP contribution is 2.34. The number of rotatable bonds is 4. The van der Waals surface area contributed by atoms with Crippen LogP contribution in [0.4, 0.5) is 0 Å². The van der Waals surface area contributed by atoms with Gasteiger partial charge in [0.05, 0.1) is 23.4 Å². The van der Waals surface area contributed by atoms with Gasteiger partial charge in [0.15, 0.2) is 5.65 Å². The molecule has 1 saturated carbocycles. The first-order valence-corrected chi connectivity index (χ1v) is 10.3. The van der Waals surface area contributed by atoms with Crippen molar-refractivity contribution in [2.24, 2.45) is 11.8 Å². The number of H-pyrrole nitrogens is 1. The fraction of sp³-hybridized carbons (Fsp3) is 0.571. The van der Waals surface area contributed by atoms with E-state index in [1.54, 1.807) is 0 Å². The Morgan fingerprint density at radius 1 is 1.26 bits per heavy atom. The Hall–Kier alpha value is -2.37. The molecule has 1 amide bonds. The molecule has 0 unspecified atom stereocenters. The summed E-state index contributed by atoms with van der Waals surface area (Å²) in [6.45, 7) is 3.95. The highest BCUT2D eigenvalue weighted by molar-refractivity contribution is 5.77. The van der Waals surface area contributed by atoms with Crippen LogP contribution >= 0.6 is 0 Å². The number of nitrogens with zero attached hydrogens (tertiary/aromatic N) is 4. The van der Waals surface area contributed by atoms with Crippen molar-refractivity contribution in [3.63, 3.8) is 0 Å². The fourth-order valence-electron chi connectivity index (χ4n) is 4.66. The van der Waals surface area contributed by atoms with Gasteiger partial charge in [-0.25, -0.2) is 9.97 Å². The van der Waals surface area contributed by atoms with Gasteiger partial charge in [-0.3, -0.25) is 9.20 Å². The molecule has 1 aliphatic carbocycles. The summed E-state index contributed by atoms with van der Waals surface area (Å²) in [5, 5.41) is 0. The maximum Gasteiger partial charge on any atom is 0.222 e. The van der Waals surface area contributed by atoms with Gasteiger partial charge in [0, 0.05) is 31.6 Å². The number of carbonyl (C=O) groups is 1. The fourth-order valence-corrected chi connectivity index (χ4v) is 4.66. The van der Waals surface area contributed by atoms with Crippen LogP contribution in [0.3, 0.4) is 0 Å². The first kappa shape index (κ1) is 16.8. The monoisotopic (exact) mass is 365 g/mol. The molecule has 2 fully saturated rings. The van der Waals surface area contributed by atoms with Gasteiger partial charge in [-0.1, -0.05) is 26.2 Å². The van der Waals surface area contributed by atoms with Crippen molar-refractivity contribution in [2.45, 2.75) is 51.4 Å². The van der Waals surface area contributed by atoms with Gasteiger partial charge >= 0.3 is 0 Å². The lowest BCUT2D eigenvalue weighted by Crippen LogP contribution is -2.42. The quantitative estimate of drug-likeness (QED) is 0.766. The Labute approximate surface area is 159 Å². The highest BCUT2D eigenvalue weighted by atomic mass is 16.2. The number of hydrogen-bond donors (Lipinski definition) is 1. The minimum atomic E-state index is 0.259. The summed E-state index contributed by atoms with van der Waals surface area (Å²) < 4.78 is 2.21. The van der Waals surface area contributed by atoms with Gasteiger partial charge in [-0.15, -0.1) is 0 Å². The van der Waals surface area contributed by atoms with E-state index in [0.29, 0.717) is 18.2 Å². The van der Waals surface area contributed by atoms with Crippen molar-refractivity contribution in [3.05, 3.63) is 30.5 Å². The smallest absolute Gasteiger partial charge is 0.222 e. The van der Waals surface area contributed by atoms with E-state index in [2.05, 4.69) is 32.3 Å². The molecule has 0 aromatic carbocycles. The third-order valence-corrected chi connectivity index (χ3v) is 6.72. The van der Waals surface area contributed by atoms with Crippen LogP contribution in [0.2, 0.25) is 0 Å². The van der Waals surface area contributed by atoms with Crippen molar-refractivity contribution in [3.8, 4) is 0 Å². The normalized spacial score (nSPS) is 23.8. The van der Waals surface area contributed by atoms with Crippen LogP contribution < -0.4 is 0 Å². The standard InChI is InChI=1S/C21H27N5O/c1-14-8-10-25(19(27)6-5-15-3-2-4-15)13-17(14)21-24-12-16-11-23-20-18(26(16)21)7-9-22-20/h7,9,11-12,14-15,17,22H,2-6,8,10,13H2,1H3/t14-,17+/m1/s1. The molecule has 2 atom stereocenters. The van der Waals surface area contributed by atoms with Crippen LogP contribution in [0.15, 0.2) is 24.7 Å². The van der Waals surface area contributed by atoms with E-state index < -0.39 is 0 Å². The van der Waals surface area contributed by atoms with Crippen LogP contribution in [0.25, 0.3) is 16.7 Å². The van der Waals surface area contributed by atoms with E-state index in [0.717, 1.165) is 54.4 Å². The lowest BCUT2D eigenvalue weighted by atomic mass is 9.81. The number of imidazole rings is 1. The minimum Gasteiger partial charge on any atom is -0.345 e. The Bertz CT molecular complexity index is 969. The average Bonchev–Trinajstić information content (AvgIpc) is 3.26. The third-order valence-electron chi connectivity index (χ3n) is 6.72. The topological polar surface area (TPSA) is 66.3 Å². The third kappa shape index (κ3) is 2.91. The number of carbonyl (C=O) groups excluding carboxylic acids is 1. The first-order chi connectivity index (χ1) is 13.2. The van der Waals surface area contributed by atoms with Gasteiger partial charge in [0.25, 0.3) is 0 Å². The van der Waals surface area contributed by atoms with Crippen LogP contribution in [0.1, 0.15) is 57.2 Å². The van der Waals surface area contributed by atoms with Gasteiger partial charge in [-0.2, -0.15) is 0 Å². The second-order valence-corrected chi connectivity index (χ2v) is 8.39. The lowest BCUT2D eigenvalue weighted by Gasteiger charge is -2.37. The number of aromatic amines is 1. The Morgan fingerprint density at radius 3 is 2.93 bits per heavy atom. The van der Waals surface area contributed by atoms with Gasteiger partial charge in [-0.05, 0) is 30.7 Å². The molecule has 6 heteroatoms. The molecule has 4 heterocycles. The number of aromatic nitrogens is 4. The Balaban J connectivity index is 1.40. The van der Waals surface area contributed by atoms with Gasteiger partial charge in [0.2, 0.25) is 5.91 Å². The molecule has 0 radical (unpaired) electrons. The van der Waals surface area contributed by atoms with E-state index in [1.165, 1.54) is 19.3 Å². The van der Waals surface area contributed by atoms with Crippen LogP contribution in [0.5, 0.6) is 0 Å². The van der Waals surface area contributed by atoms with E-state index >= 15 is 0 Å². The van der Waals surface area contributed by atoms with E-state index in [1.807, 2.05) is 18.6 Å². The molecule has 0 spiro atoms. The second kappa shape index (κ2) is 6.66. The average molecular weight is 365 g/mol. The highest BCUT2D eigenvalue weighted by Gasteiger charge is 2.33. The molecule has 0 bridgehead atoms. The summed E-state index contributed by atoms with van der Waals surface area (Å²) in [5.74, 6) is 2.94. The molecule has 3 aromatic rings. The van der Waals surface area contributed by atoms with Crippen molar-refractivity contribution in [1.29, 1.82) is 0 Å². The summed E-state index contributed by atoms with van der Waals surface area (Å²) in [4.78, 5) is 27.3. The zero-order valence-corrected chi connectivity index (χ0v) is 15.9. The Morgan fingerprint density at radius 2 is 2.11 bits per heavy atom. The number of nitrogens with one attached hydrogen (secondary N) is 1. The van der Waals surface area contributed by atoms with Crippen molar-refractivity contribution in [2.75, 3.05) is 13.1 Å². The van der Waals surface area contributed by atoms with Crippen LogP contribution in [0, 0.1) is 11.8 Å². The first-order valence-electron chi connectivity index (χ1n) is 10.3. The van der Waals surface area contributed by atoms with E-state index in [9.17, 15) is 4.79 Å². The maximum absolute atomic E-state index is 12.8. The summed E-state index contributed by atoms with van der Waals surface area (Å²) in [5.41, 5.74) is 2.94. The minimum absolute atomic E-state index is 0.259. The summed E-state index contributed by atoms with van der Waals surface area (Å²) in [6.07, 6.45) is 12.5. The zero-order valence-electron chi connectivity index (χ0n) is 15.9. The van der Waals surface area contributed by atoms with Crippen molar-refractivity contribution < 1.29 is 4.79 Å². The molecule has 1 N–H and O–H groups in total. The summed E-state index contributed by atoms with van der Waals surface area (Å²) in [7, 11) is 0. The molecular formula is C21H27N5O. The molecule has 1 saturated heterocycles. The molecule has 2 aliphatic rings. The SMILES string of the molecule is C[C@@H]1CCN(C(=O)CCC2CCC2)C[C@@H]1c1ncc2cnc3[nH]ccc3n12. The largest absolute Gasteiger partial charge is 0.345 e. The van der Waals surface area contributed by atoms with Gasteiger partial charge in [0.1, 0.15) is 5.82 Å². The number of fused-ring (bicyclic) bond motifs is 3. The van der Waals surface area contributed by atoms with Crippen LogP contribution in [-0.4, -0.2) is 43.2 Å². The summed E-state index contributed by atoms with van der Waals surface area (Å²) >= 11 is 0. The molecular weight excluding hydrogens is 338 g/mol. The molecule has 27 heavy (non-hydrogen) atoms. The molecule has 1 aliphatic heterocycles. The predicted octanol–water partition coefficient (Wildman–Crippen LogP) is 3.74. The number of piperidine rings is 1. The number of amides is 1. The number of hydrogen-bond acceptors (Lipinski definition) is 3. The summed E-state index contributed by atoms with van der Waals surface area (Å²) in [6, 6.07) is 2.05. The van der Waals surface area contributed by atoms with E-state index in [4.69, 9.17) is 4.98 Å². The van der Waals surface area contributed by atoms with Crippen LogP contribution in [-0.2, 0) is 4.79 Å².